The maximum Gasteiger partial charge on any atom is 0.268 e. The number of rotatable bonds is 9. The Labute approximate surface area is 169 Å². The molecule has 6 heteroatoms. The highest BCUT2D eigenvalue weighted by Gasteiger charge is 2.40. The van der Waals surface area contributed by atoms with Gasteiger partial charge in [-0.05, 0) is 31.5 Å². The predicted octanol–water partition coefficient (Wildman–Crippen LogP) is 3.99. The summed E-state index contributed by atoms with van der Waals surface area (Å²) in [6.07, 6.45) is 0.605. The molecule has 0 bridgehead atoms. The molecule has 1 aliphatic heterocycles. The van der Waals surface area contributed by atoms with Gasteiger partial charge in [0.1, 0.15) is 5.75 Å². The Bertz CT molecular complexity index is 879. The first kappa shape index (κ1) is 20.2. The molecule has 146 valence electrons. The van der Waals surface area contributed by atoms with Crippen LogP contribution in [-0.2, 0) is 14.3 Å². The number of benzene rings is 2. The summed E-state index contributed by atoms with van der Waals surface area (Å²) in [6, 6.07) is 16.9. The van der Waals surface area contributed by atoms with Crippen LogP contribution in [0.1, 0.15) is 18.9 Å². The fraction of sp³-hybridized carbons (Fsp3) is 0.273. The number of hydrogen-bond donors (Lipinski definition) is 0. The van der Waals surface area contributed by atoms with Gasteiger partial charge >= 0.3 is 0 Å². The van der Waals surface area contributed by atoms with Gasteiger partial charge < -0.3 is 9.47 Å². The van der Waals surface area contributed by atoms with E-state index in [1.807, 2.05) is 55.5 Å². The topological polar surface area (TPSA) is 55.8 Å². The fourth-order valence-electron chi connectivity index (χ4n) is 3.02. The van der Waals surface area contributed by atoms with Gasteiger partial charge in [0.05, 0.1) is 17.6 Å². The van der Waals surface area contributed by atoms with Crippen molar-refractivity contribution in [3.63, 3.8) is 0 Å². The molecule has 0 radical (unpaired) electrons. The lowest BCUT2D eigenvalue weighted by molar-refractivity contribution is -0.136. The summed E-state index contributed by atoms with van der Waals surface area (Å²) in [7, 11) is 1.56. The van der Waals surface area contributed by atoms with E-state index in [-0.39, 0.29) is 11.8 Å². The van der Waals surface area contributed by atoms with Crippen LogP contribution in [-0.4, -0.2) is 43.6 Å². The molecule has 3 rings (SSSR count). The lowest BCUT2D eigenvalue weighted by Crippen LogP contribution is -2.33. The molecule has 0 aromatic heterocycles. The van der Waals surface area contributed by atoms with Crippen molar-refractivity contribution in [3.8, 4) is 5.75 Å². The zero-order valence-electron chi connectivity index (χ0n) is 16.0. The number of ether oxygens (including phenoxy) is 2. The van der Waals surface area contributed by atoms with Crippen LogP contribution in [0.3, 0.4) is 0 Å². The van der Waals surface area contributed by atoms with Crippen LogP contribution in [0, 0.1) is 0 Å². The summed E-state index contributed by atoms with van der Waals surface area (Å²) in [5.41, 5.74) is 1.03. The van der Waals surface area contributed by atoms with Crippen molar-refractivity contribution in [2.45, 2.75) is 18.2 Å². The standard InChI is InChI=1S/C22H23NO4S/c1-3-27-15-9-14-23-21(24)19(17-12-7-8-13-18(17)26-2)20(22(23)25)28-16-10-5-4-6-11-16/h4-8,10-13H,3,9,14-15H2,1-2H3. The highest BCUT2D eigenvalue weighted by atomic mass is 32.2. The SMILES string of the molecule is CCOCCCN1C(=O)C(Sc2ccccc2)=C(c2ccccc2OC)C1=O. The monoisotopic (exact) mass is 397 g/mol. The Kier molecular flexibility index (Phi) is 6.90. The molecule has 1 aliphatic rings. The molecule has 0 saturated heterocycles. The summed E-state index contributed by atoms with van der Waals surface area (Å²) in [4.78, 5) is 28.9. The van der Waals surface area contributed by atoms with E-state index >= 15 is 0 Å². The number of amides is 2. The highest BCUT2D eigenvalue weighted by molar-refractivity contribution is 8.04. The average Bonchev–Trinajstić information content (AvgIpc) is 2.95. The second-order valence-electron chi connectivity index (χ2n) is 6.13. The van der Waals surface area contributed by atoms with Crippen molar-refractivity contribution in [1.29, 1.82) is 0 Å². The number of thioether (sulfide) groups is 1. The van der Waals surface area contributed by atoms with Crippen LogP contribution >= 0.6 is 11.8 Å². The molecule has 2 amide bonds. The van der Waals surface area contributed by atoms with E-state index in [4.69, 9.17) is 9.47 Å². The second kappa shape index (κ2) is 9.57. The summed E-state index contributed by atoms with van der Waals surface area (Å²) in [5, 5.41) is 0. The van der Waals surface area contributed by atoms with Crippen LogP contribution in [0.4, 0.5) is 0 Å². The van der Waals surface area contributed by atoms with Gasteiger partial charge in [0, 0.05) is 30.2 Å². The van der Waals surface area contributed by atoms with Crippen molar-refractivity contribution in [2.75, 3.05) is 26.9 Å². The molecule has 0 fully saturated rings. The minimum absolute atomic E-state index is 0.267. The second-order valence-corrected chi connectivity index (χ2v) is 7.22. The van der Waals surface area contributed by atoms with E-state index in [2.05, 4.69) is 0 Å². The lowest BCUT2D eigenvalue weighted by Gasteiger charge is -2.15. The summed E-state index contributed by atoms with van der Waals surface area (Å²) in [6.45, 7) is 3.37. The van der Waals surface area contributed by atoms with Crippen LogP contribution in [0.5, 0.6) is 5.75 Å². The molecule has 2 aromatic rings. The molecule has 0 spiro atoms. The lowest BCUT2D eigenvalue weighted by atomic mass is 10.1. The molecule has 1 heterocycles. The first-order valence-corrected chi connectivity index (χ1v) is 10.0. The van der Waals surface area contributed by atoms with Crippen molar-refractivity contribution in [2.24, 2.45) is 0 Å². The van der Waals surface area contributed by atoms with Gasteiger partial charge in [-0.1, -0.05) is 48.2 Å². The largest absolute Gasteiger partial charge is 0.496 e. The number of imide groups is 1. The Morgan fingerprint density at radius 1 is 0.964 bits per heavy atom. The molecule has 0 atom stereocenters. The van der Waals surface area contributed by atoms with Gasteiger partial charge in [0.25, 0.3) is 11.8 Å². The van der Waals surface area contributed by atoms with Crippen LogP contribution in [0.2, 0.25) is 0 Å². The number of carbonyl (C=O) groups is 2. The van der Waals surface area contributed by atoms with Gasteiger partial charge in [-0.3, -0.25) is 14.5 Å². The van der Waals surface area contributed by atoms with Crippen LogP contribution < -0.4 is 4.74 Å². The summed E-state index contributed by atoms with van der Waals surface area (Å²) in [5.74, 6) is 0.0154. The molecular formula is C22H23NO4S. The minimum Gasteiger partial charge on any atom is -0.496 e. The molecule has 0 aliphatic carbocycles. The number of methoxy groups -OCH3 is 1. The van der Waals surface area contributed by atoms with E-state index in [1.165, 1.54) is 16.7 Å². The molecule has 0 saturated carbocycles. The first-order chi connectivity index (χ1) is 13.7. The third kappa shape index (κ3) is 4.29. The van der Waals surface area contributed by atoms with E-state index < -0.39 is 0 Å². The van der Waals surface area contributed by atoms with E-state index in [9.17, 15) is 9.59 Å². The fourth-order valence-corrected chi connectivity index (χ4v) is 4.04. The quantitative estimate of drug-likeness (QED) is 0.473. The Hall–Kier alpha value is -2.57. The number of para-hydroxylation sites is 1. The molecule has 0 N–H and O–H groups in total. The van der Waals surface area contributed by atoms with Gasteiger partial charge in [-0.2, -0.15) is 0 Å². The van der Waals surface area contributed by atoms with E-state index in [0.29, 0.717) is 48.0 Å². The van der Waals surface area contributed by atoms with Crippen LogP contribution in [0.25, 0.3) is 5.57 Å². The van der Waals surface area contributed by atoms with Crippen molar-refractivity contribution >= 4 is 29.1 Å². The summed E-state index contributed by atoms with van der Waals surface area (Å²) < 4.78 is 10.8. The van der Waals surface area contributed by atoms with E-state index in [1.54, 1.807) is 13.2 Å². The average molecular weight is 397 g/mol. The van der Waals surface area contributed by atoms with Gasteiger partial charge in [0.15, 0.2) is 0 Å². The van der Waals surface area contributed by atoms with Crippen LogP contribution in [0.15, 0.2) is 64.4 Å². The first-order valence-electron chi connectivity index (χ1n) is 9.21. The third-order valence-electron chi connectivity index (χ3n) is 4.34. The minimum atomic E-state index is -0.288. The molecule has 5 nitrogen and oxygen atoms in total. The molecular weight excluding hydrogens is 374 g/mol. The maximum atomic E-state index is 13.2. The third-order valence-corrected chi connectivity index (χ3v) is 5.43. The smallest absolute Gasteiger partial charge is 0.268 e. The van der Waals surface area contributed by atoms with Crippen molar-refractivity contribution in [3.05, 3.63) is 65.1 Å². The Morgan fingerprint density at radius 2 is 1.68 bits per heavy atom. The predicted molar refractivity (Wildman–Crippen MR) is 110 cm³/mol. The van der Waals surface area contributed by atoms with Gasteiger partial charge in [-0.15, -0.1) is 0 Å². The van der Waals surface area contributed by atoms with Crippen molar-refractivity contribution < 1.29 is 19.1 Å². The maximum absolute atomic E-state index is 13.2. The van der Waals surface area contributed by atoms with Gasteiger partial charge in [0.2, 0.25) is 0 Å². The number of nitrogens with zero attached hydrogens (tertiary/aromatic N) is 1. The molecule has 0 unspecified atom stereocenters. The Morgan fingerprint density at radius 3 is 2.39 bits per heavy atom. The zero-order chi connectivity index (χ0) is 19.9. The molecule has 2 aromatic carbocycles. The number of carbonyl (C=O) groups excluding carboxylic acids is 2. The molecule has 28 heavy (non-hydrogen) atoms. The van der Waals surface area contributed by atoms with E-state index in [0.717, 1.165) is 4.90 Å². The normalized spacial score (nSPS) is 14.1. The zero-order valence-corrected chi connectivity index (χ0v) is 16.8. The van der Waals surface area contributed by atoms with Crippen molar-refractivity contribution in [1.82, 2.24) is 4.90 Å². The Balaban J connectivity index is 1.97. The number of hydrogen-bond acceptors (Lipinski definition) is 5. The highest BCUT2D eigenvalue weighted by Crippen LogP contribution is 2.42. The van der Waals surface area contributed by atoms with Gasteiger partial charge in [-0.25, -0.2) is 0 Å². The summed E-state index contributed by atoms with van der Waals surface area (Å²) >= 11 is 1.31.